The molecule has 0 saturated heterocycles. The summed E-state index contributed by atoms with van der Waals surface area (Å²) in [6.07, 6.45) is 0.676. The van der Waals surface area contributed by atoms with Crippen molar-refractivity contribution in [3.63, 3.8) is 0 Å². The number of nitrogens with two attached hydrogens (primary N) is 1. The third-order valence-corrected chi connectivity index (χ3v) is 3.46. The second-order valence-corrected chi connectivity index (χ2v) is 5.03. The van der Waals surface area contributed by atoms with E-state index in [1.165, 1.54) is 18.3 Å². The summed E-state index contributed by atoms with van der Waals surface area (Å²) in [6, 6.07) is 5.73. The molecule has 1 heterocycles. The predicted octanol–water partition coefficient (Wildman–Crippen LogP) is 2.80. The van der Waals surface area contributed by atoms with Crippen LogP contribution in [-0.2, 0) is 5.54 Å². The Labute approximate surface area is 107 Å². The first kappa shape index (κ1) is 12.2. The lowest BCUT2D eigenvalue weighted by Crippen LogP contribution is -2.55. The molecule has 1 aliphatic carbocycles. The Morgan fingerprint density at radius 1 is 1.16 bits per heavy atom. The summed E-state index contributed by atoms with van der Waals surface area (Å²) >= 11 is 0. The molecule has 19 heavy (non-hydrogen) atoms. The number of aromatic nitrogens is 2. The second kappa shape index (κ2) is 3.84. The second-order valence-electron chi connectivity index (χ2n) is 5.03. The molecule has 0 bridgehead atoms. The average Bonchev–Trinajstić information content (AvgIpc) is 2.76. The van der Waals surface area contributed by atoms with E-state index in [0.29, 0.717) is 16.8 Å². The molecule has 1 aromatic heterocycles. The Bertz CT molecular complexity index is 596. The van der Waals surface area contributed by atoms with Gasteiger partial charge < -0.3 is 5.73 Å². The highest BCUT2D eigenvalue weighted by atomic mass is 19.3. The van der Waals surface area contributed by atoms with Crippen LogP contribution in [0.15, 0.2) is 30.5 Å². The average molecular weight is 267 g/mol. The fourth-order valence-corrected chi connectivity index (χ4v) is 2.56. The first-order valence-electron chi connectivity index (χ1n) is 5.86. The number of hydrogen-bond acceptors (Lipinski definition) is 2. The van der Waals surface area contributed by atoms with Gasteiger partial charge in [0.1, 0.15) is 5.82 Å². The molecule has 1 saturated carbocycles. The molecular weight excluding hydrogens is 255 g/mol. The van der Waals surface area contributed by atoms with Crippen LogP contribution in [0.2, 0.25) is 0 Å². The smallest absolute Gasteiger partial charge is 0.252 e. The van der Waals surface area contributed by atoms with Gasteiger partial charge in [0.05, 0.1) is 17.4 Å². The van der Waals surface area contributed by atoms with Crippen LogP contribution < -0.4 is 5.73 Å². The predicted molar refractivity (Wildman–Crippen MR) is 64.0 cm³/mol. The van der Waals surface area contributed by atoms with Gasteiger partial charge in [-0.3, -0.25) is 5.10 Å². The normalized spacial score (nSPS) is 20.0. The molecule has 1 aromatic carbocycles. The van der Waals surface area contributed by atoms with Gasteiger partial charge in [-0.25, -0.2) is 13.2 Å². The van der Waals surface area contributed by atoms with Crippen molar-refractivity contribution in [2.45, 2.75) is 24.3 Å². The fraction of sp³-hybridized carbons (Fsp3) is 0.308. The fourth-order valence-electron chi connectivity index (χ4n) is 2.56. The standard InChI is InChI=1S/C13H12F3N3/c14-9-3-1-8(2-4-9)11-10(5-18-19-11)12(17)6-13(15,16)7-12/h1-5H,6-7,17H2,(H,18,19). The van der Waals surface area contributed by atoms with Crippen molar-refractivity contribution in [1.82, 2.24) is 10.2 Å². The van der Waals surface area contributed by atoms with E-state index in [4.69, 9.17) is 5.73 Å². The van der Waals surface area contributed by atoms with Crippen LogP contribution >= 0.6 is 0 Å². The van der Waals surface area contributed by atoms with Crippen LogP contribution in [0.3, 0.4) is 0 Å². The summed E-state index contributed by atoms with van der Waals surface area (Å²) in [5.74, 6) is -3.08. The molecule has 1 aliphatic rings. The monoisotopic (exact) mass is 267 g/mol. The van der Waals surface area contributed by atoms with Crippen LogP contribution in [0.25, 0.3) is 11.3 Å². The third kappa shape index (κ3) is 2.02. The molecule has 100 valence electrons. The molecule has 6 heteroatoms. The number of nitrogens with one attached hydrogen (secondary N) is 1. The van der Waals surface area contributed by atoms with Gasteiger partial charge in [-0.05, 0) is 24.3 Å². The maximum Gasteiger partial charge on any atom is 0.252 e. The first-order chi connectivity index (χ1) is 8.90. The largest absolute Gasteiger partial charge is 0.321 e. The van der Waals surface area contributed by atoms with Crippen molar-refractivity contribution in [3.05, 3.63) is 41.8 Å². The van der Waals surface area contributed by atoms with Crippen molar-refractivity contribution >= 4 is 0 Å². The lowest BCUT2D eigenvalue weighted by molar-refractivity contribution is -0.124. The van der Waals surface area contributed by atoms with E-state index < -0.39 is 24.3 Å². The van der Waals surface area contributed by atoms with Crippen LogP contribution in [0, 0.1) is 5.82 Å². The van der Waals surface area contributed by atoms with E-state index in [0.717, 1.165) is 0 Å². The number of H-pyrrole nitrogens is 1. The highest BCUT2D eigenvalue weighted by Gasteiger charge is 2.56. The Hall–Kier alpha value is -1.82. The molecule has 1 fully saturated rings. The van der Waals surface area contributed by atoms with Crippen molar-refractivity contribution in [2.24, 2.45) is 5.73 Å². The van der Waals surface area contributed by atoms with Gasteiger partial charge in [0.15, 0.2) is 0 Å². The number of benzene rings is 1. The molecule has 2 aromatic rings. The molecule has 0 radical (unpaired) electrons. The molecule has 0 aliphatic heterocycles. The van der Waals surface area contributed by atoms with Crippen LogP contribution in [-0.4, -0.2) is 16.1 Å². The molecule has 3 nitrogen and oxygen atoms in total. The zero-order valence-corrected chi connectivity index (χ0v) is 9.96. The maximum absolute atomic E-state index is 13.1. The summed E-state index contributed by atoms with van der Waals surface area (Å²) in [7, 11) is 0. The Morgan fingerprint density at radius 2 is 1.79 bits per heavy atom. The zero-order chi connectivity index (χ0) is 13.7. The molecule has 0 spiro atoms. The molecule has 0 atom stereocenters. The molecular formula is C13H12F3N3. The maximum atomic E-state index is 13.1. The zero-order valence-electron chi connectivity index (χ0n) is 9.96. The van der Waals surface area contributed by atoms with Gasteiger partial charge >= 0.3 is 0 Å². The van der Waals surface area contributed by atoms with Crippen LogP contribution in [0.5, 0.6) is 0 Å². The molecule has 3 rings (SSSR count). The van der Waals surface area contributed by atoms with Crippen molar-refractivity contribution < 1.29 is 13.2 Å². The van der Waals surface area contributed by atoms with E-state index in [-0.39, 0.29) is 5.82 Å². The molecule has 3 N–H and O–H groups in total. The number of halogens is 3. The Balaban J connectivity index is 1.98. The van der Waals surface area contributed by atoms with Gasteiger partial charge in [0.2, 0.25) is 0 Å². The summed E-state index contributed by atoms with van der Waals surface area (Å²) < 4.78 is 39.0. The quantitative estimate of drug-likeness (QED) is 0.879. The number of aromatic amines is 1. The summed E-state index contributed by atoms with van der Waals surface area (Å²) in [6.45, 7) is 0. The van der Waals surface area contributed by atoms with Crippen LogP contribution in [0.4, 0.5) is 13.2 Å². The number of rotatable bonds is 2. The van der Waals surface area contributed by atoms with Crippen molar-refractivity contribution in [3.8, 4) is 11.3 Å². The van der Waals surface area contributed by atoms with Crippen molar-refractivity contribution in [1.29, 1.82) is 0 Å². The minimum absolute atomic E-state index is 0.359. The van der Waals surface area contributed by atoms with Gasteiger partial charge in [-0.1, -0.05) is 0 Å². The van der Waals surface area contributed by atoms with E-state index in [1.807, 2.05) is 0 Å². The van der Waals surface area contributed by atoms with Gasteiger partial charge in [0, 0.05) is 24.0 Å². The van der Waals surface area contributed by atoms with E-state index in [2.05, 4.69) is 10.2 Å². The minimum Gasteiger partial charge on any atom is -0.321 e. The lowest BCUT2D eigenvalue weighted by Gasteiger charge is -2.44. The number of nitrogens with zero attached hydrogens (tertiary/aromatic N) is 1. The van der Waals surface area contributed by atoms with E-state index >= 15 is 0 Å². The van der Waals surface area contributed by atoms with Crippen molar-refractivity contribution in [2.75, 3.05) is 0 Å². The highest BCUT2D eigenvalue weighted by molar-refractivity contribution is 5.64. The van der Waals surface area contributed by atoms with Gasteiger partial charge in [0.25, 0.3) is 5.92 Å². The summed E-state index contributed by atoms with van der Waals surface area (Å²) in [4.78, 5) is 0. The lowest BCUT2D eigenvalue weighted by atomic mass is 9.69. The number of hydrogen-bond donors (Lipinski definition) is 2. The first-order valence-corrected chi connectivity index (χ1v) is 5.86. The van der Waals surface area contributed by atoms with E-state index in [1.54, 1.807) is 12.1 Å². The topological polar surface area (TPSA) is 54.7 Å². The Kier molecular flexibility index (Phi) is 2.47. The van der Waals surface area contributed by atoms with Gasteiger partial charge in [-0.2, -0.15) is 5.10 Å². The van der Waals surface area contributed by atoms with Gasteiger partial charge in [-0.15, -0.1) is 0 Å². The SMILES string of the molecule is NC1(c2cn[nH]c2-c2ccc(F)cc2)CC(F)(F)C1. The summed E-state index contributed by atoms with van der Waals surface area (Å²) in [5.41, 5.74) is 6.72. The molecule has 0 unspecified atom stereocenters. The number of alkyl halides is 2. The Morgan fingerprint density at radius 3 is 2.37 bits per heavy atom. The minimum atomic E-state index is -2.72. The van der Waals surface area contributed by atoms with E-state index in [9.17, 15) is 13.2 Å². The summed E-state index contributed by atoms with van der Waals surface area (Å²) in [5, 5.41) is 6.62. The van der Waals surface area contributed by atoms with Crippen LogP contribution in [0.1, 0.15) is 18.4 Å². The molecule has 0 amide bonds. The highest BCUT2D eigenvalue weighted by Crippen LogP contribution is 2.51. The third-order valence-electron chi connectivity index (χ3n) is 3.46.